The first-order valence-corrected chi connectivity index (χ1v) is 15.1. The Labute approximate surface area is 232 Å². The minimum atomic E-state index is -3.79. The second-order valence-corrected chi connectivity index (χ2v) is 12.0. The van der Waals surface area contributed by atoms with Crippen LogP contribution < -0.4 is 9.62 Å². The fourth-order valence-corrected chi connectivity index (χ4v) is 5.22. The molecule has 1 N–H and O–H groups in total. The van der Waals surface area contributed by atoms with Gasteiger partial charge in [-0.2, -0.15) is 0 Å². The molecule has 0 aliphatic rings. The molecule has 0 aliphatic carbocycles. The maximum absolute atomic E-state index is 14.0. The number of nitrogens with one attached hydrogen (secondary N) is 1. The number of carbonyl (C=O) groups excluding carboxylic acids is 2. The van der Waals surface area contributed by atoms with Gasteiger partial charge in [0, 0.05) is 19.5 Å². The van der Waals surface area contributed by atoms with Crippen molar-refractivity contribution in [3.63, 3.8) is 0 Å². The molecule has 39 heavy (non-hydrogen) atoms. The van der Waals surface area contributed by atoms with E-state index in [4.69, 9.17) is 0 Å². The summed E-state index contributed by atoms with van der Waals surface area (Å²) in [5, 5.41) is 2.86. The van der Waals surface area contributed by atoms with Gasteiger partial charge in [0.15, 0.2) is 0 Å². The smallest absolute Gasteiger partial charge is 0.244 e. The minimum absolute atomic E-state index is 0.164. The molecule has 3 aromatic rings. The van der Waals surface area contributed by atoms with E-state index in [9.17, 15) is 18.0 Å². The first-order chi connectivity index (χ1) is 18.5. The van der Waals surface area contributed by atoms with Crippen molar-refractivity contribution < 1.29 is 18.0 Å². The van der Waals surface area contributed by atoms with Gasteiger partial charge in [0.05, 0.1) is 11.9 Å². The Kier molecular flexibility index (Phi) is 10.3. The molecule has 0 saturated carbocycles. The average molecular weight is 550 g/mol. The van der Waals surface area contributed by atoms with Crippen LogP contribution in [0.1, 0.15) is 48.9 Å². The molecule has 0 saturated heterocycles. The van der Waals surface area contributed by atoms with Gasteiger partial charge in [-0.1, -0.05) is 86.1 Å². The second kappa shape index (κ2) is 13.4. The number of nitrogens with zero attached hydrogens (tertiary/aromatic N) is 2. The zero-order valence-electron chi connectivity index (χ0n) is 23.4. The van der Waals surface area contributed by atoms with Gasteiger partial charge in [-0.15, -0.1) is 0 Å². The van der Waals surface area contributed by atoms with Crippen LogP contribution in [0.2, 0.25) is 0 Å². The number of benzene rings is 3. The monoisotopic (exact) mass is 549 g/mol. The molecule has 0 heterocycles. The molecule has 7 nitrogen and oxygen atoms in total. The first kappa shape index (κ1) is 29.9. The van der Waals surface area contributed by atoms with Gasteiger partial charge in [-0.3, -0.25) is 13.9 Å². The normalized spacial score (nSPS) is 12.2. The van der Waals surface area contributed by atoms with Crippen LogP contribution in [0.4, 0.5) is 5.69 Å². The highest BCUT2D eigenvalue weighted by molar-refractivity contribution is 7.92. The zero-order chi connectivity index (χ0) is 28.6. The molecule has 0 radical (unpaired) electrons. The number of sulfonamides is 1. The Balaban J connectivity index is 2.02. The third kappa shape index (κ3) is 8.42. The lowest BCUT2D eigenvalue weighted by Gasteiger charge is -2.33. The van der Waals surface area contributed by atoms with Crippen molar-refractivity contribution in [2.45, 2.75) is 52.6 Å². The molecule has 0 fully saturated rings. The number of amides is 2. The molecule has 0 bridgehead atoms. The molecule has 0 spiro atoms. The number of likely N-dealkylation sites (N-methyl/N-ethyl adjacent to an activating group) is 1. The Bertz CT molecular complexity index is 1340. The largest absolute Gasteiger partial charge is 0.355 e. The van der Waals surface area contributed by atoms with E-state index in [1.165, 1.54) is 4.90 Å². The molecule has 0 aliphatic heterocycles. The molecule has 8 heteroatoms. The molecule has 0 unspecified atom stereocenters. The van der Waals surface area contributed by atoms with Crippen molar-refractivity contribution in [3.05, 3.63) is 101 Å². The maximum atomic E-state index is 14.0. The van der Waals surface area contributed by atoms with Crippen LogP contribution in [0.15, 0.2) is 78.9 Å². The quantitative estimate of drug-likeness (QED) is 0.356. The second-order valence-electron chi connectivity index (χ2n) is 10.1. The van der Waals surface area contributed by atoms with E-state index >= 15 is 0 Å². The number of aryl methyl sites for hydroxylation is 1. The van der Waals surface area contributed by atoms with Crippen molar-refractivity contribution in [1.82, 2.24) is 10.2 Å². The third-order valence-corrected chi connectivity index (χ3v) is 7.76. The molecule has 208 valence electrons. The van der Waals surface area contributed by atoms with E-state index in [2.05, 4.69) is 19.2 Å². The van der Waals surface area contributed by atoms with E-state index in [0.717, 1.165) is 32.8 Å². The molecule has 0 aromatic heterocycles. The third-order valence-electron chi connectivity index (χ3n) is 6.62. The standard InChI is InChI=1S/C31H39N3O4S/c1-6-32-31(36)29(20-25-10-8-7-9-11-25)33(21-26-14-12-24(4)13-15-26)30(35)22-34(39(5,37)38)28-18-16-27(17-19-28)23(2)3/h7-19,23,29H,6,20-22H2,1-5H3,(H,32,36)/t29-/m1/s1. The van der Waals surface area contributed by atoms with Crippen molar-refractivity contribution in [2.75, 3.05) is 23.7 Å². The van der Waals surface area contributed by atoms with Crippen LogP contribution in [0, 0.1) is 6.92 Å². The number of anilines is 1. The van der Waals surface area contributed by atoms with Crippen molar-refractivity contribution in [3.8, 4) is 0 Å². The molecule has 3 rings (SSSR count). The SMILES string of the molecule is CCNC(=O)[C@@H](Cc1ccccc1)N(Cc1ccc(C)cc1)C(=O)CN(c1ccc(C(C)C)cc1)S(C)(=O)=O. The lowest BCUT2D eigenvalue weighted by atomic mass is 10.0. The Hall–Kier alpha value is -3.65. The number of carbonyl (C=O) groups is 2. The Morgan fingerprint density at radius 2 is 1.49 bits per heavy atom. The molecule has 2 amide bonds. The minimum Gasteiger partial charge on any atom is -0.355 e. The van der Waals surface area contributed by atoms with Gasteiger partial charge < -0.3 is 10.2 Å². The van der Waals surface area contributed by atoms with Gasteiger partial charge in [0.1, 0.15) is 12.6 Å². The molecule has 3 aromatic carbocycles. The number of rotatable bonds is 12. The van der Waals surface area contributed by atoms with E-state index in [-0.39, 0.29) is 18.4 Å². The number of hydrogen-bond donors (Lipinski definition) is 1. The summed E-state index contributed by atoms with van der Waals surface area (Å²) in [5.74, 6) is -0.455. The average Bonchev–Trinajstić information content (AvgIpc) is 2.90. The van der Waals surface area contributed by atoms with Crippen LogP contribution in [0.3, 0.4) is 0 Å². The fourth-order valence-electron chi connectivity index (χ4n) is 4.38. The highest BCUT2D eigenvalue weighted by Crippen LogP contribution is 2.23. The maximum Gasteiger partial charge on any atom is 0.244 e. The number of hydrogen-bond acceptors (Lipinski definition) is 4. The molecule has 1 atom stereocenters. The van der Waals surface area contributed by atoms with Crippen LogP contribution >= 0.6 is 0 Å². The summed E-state index contributed by atoms with van der Waals surface area (Å²) in [6, 6.07) is 23.6. The van der Waals surface area contributed by atoms with Crippen LogP contribution in [-0.4, -0.2) is 50.5 Å². The summed E-state index contributed by atoms with van der Waals surface area (Å²) in [6.45, 7) is 8.08. The topological polar surface area (TPSA) is 86.8 Å². The van der Waals surface area contributed by atoms with Crippen LogP contribution in [-0.2, 0) is 32.6 Å². The highest BCUT2D eigenvalue weighted by atomic mass is 32.2. The summed E-state index contributed by atoms with van der Waals surface area (Å²) >= 11 is 0. The summed E-state index contributed by atoms with van der Waals surface area (Å²) in [5.41, 5.74) is 4.30. The summed E-state index contributed by atoms with van der Waals surface area (Å²) in [7, 11) is -3.79. The van der Waals surface area contributed by atoms with Crippen LogP contribution in [0.25, 0.3) is 0 Å². The van der Waals surface area contributed by atoms with Crippen molar-refractivity contribution in [2.24, 2.45) is 0 Å². The molecular formula is C31H39N3O4S. The van der Waals surface area contributed by atoms with Gasteiger partial charge in [0.25, 0.3) is 0 Å². The summed E-state index contributed by atoms with van der Waals surface area (Å²) in [6.07, 6.45) is 1.39. The van der Waals surface area contributed by atoms with Crippen LogP contribution in [0.5, 0.6) is 0 Å². The van der Waals surface area contributed by atoms with E-state index in [1.807, 2.05) is 80.6 Å². The summed E-state index contributed by atoms with van der Waals surface area (Å²) in [4.78, 5) is 28.9. The van der Waals surface area contributed by atoms with E-state index in [1.54, 1.807) is 12.1 Å². The van der Waals surface area contributed by atoms with E-state index in [0.29, 0.717) is 18.7 Å². The summed E-state index contributed by atoms with van der Waals surface area (Å²) < 4.78 is 26.9. The van der Waals surface area contributed by atoms with Crippen molar-refractivity contribution in [1.29, 1.82) is 0 Å². The zero-order valence-corrected chi connectivity index (χ0v) is 24.2. The fraction of sp³-hybridized carbons (Fsp3) is 0.355. The van der Waals surface area contributed by atoms with Gasteiger partial charge in [-0.05, 0) is 48.6 Å². The Morgan fingerprint density at radius 3 is 2.03 bits per heavy atom. The first-order valence-electron chi connectivity index (χ1n) is 13.2. The lowest BCUT2D eigenvalue weighted by molar-refractivity contribution is -0.140. The van der Waals surface area contributed by atoms with Gasteiger partial charge in [-0.25, -0.2) is 8.42 Å². The Morgan fingerprint density at radius 1 is 0.872 bits per heavy atom. The molecular weight excluding hydrogens is 510 g/mol. The highest BCUT2D eigenvalue weighted by Gasteiger charge is 2.32. The van der Waals surface area contributed by atoms with Gasteiger partial charge in [0.2, 0.25) is 21.8 Å². The van der Waals surface area contributed by atoms with E-state index < -0.39 is 28.5 Å². The van der Waals surface area contributed by atoms with Gasteiger partial charge >= 0.3 is 0 Å². The predicted molar refractivity (Wildman–Crippen MR) is 157 cm³/mol. The predicted octanol–water partition coefficient (Wildman–Crippen LogP) is 4.66. The lowest BCUT2D eigenvalue weighted by Crippen LogP contribution is -2.53. The van der Waals surface area contributed by atoms with Crippen molar-refractivity contribution >= 4 is 27.5 Å².